The van der Waals surface area contributed by atoms with Crippen molar-refractivity contribution in [2.24, 2.45) is 0 Å². The molecule has 1 atom stereocenters. The molecule has 0 bridgehead atoms. The average molecular weight is 319 g/mol. The number of benzene rings is 2. The van der Waals surface area contributed by atoms with Crippen molar-refractivity contribution >= 4 is 5.91 Å². The maximum atomic E-state index is 13.1. The average Bonchev–Trinajstić information content (AvgIpc) is 2.57. The van der Waals surface area contributed by atoms with Crippen LogP contribution in [0.2, 0.25) is 0 Å². The van der Waals surface area contributed by atoms with Gasteiger partial charge in [-0.2, -0.15) is 0 Å². The number of rotatable bonds is 7. The zero-order valence-corrected chi connectivity index (χ0v) is 12.6. The van der Waals surface area contributed by atoms with E-state index >= 15 is 0 Å². The maximum Gasteiger partial charge on any atom is 0.251 e. The Bertz CT molecular complexity index is 647. The molecule has 2 rings (SSSR count). The van der Waals surface area contributed by atoms with Gasteiger partial charge in [0, 0.05) is 18.7 Å². The maximum absolute atomic E-state index is 13.1. The fourth-order valence-electron chi connectivity index (χ4n) is 2.46. The molecule has 0 saturated heterocycles. The van der Waals surface area contributed by atoms with Crippen LogP contribution >= 0.6 is 0 Å². The topological polar surface area (TPSA) is 49.3 Å². The Hall–Kier alpha value is -2.27. The van der Waals surface area contributed by atoms with Gasteiger partial charge >= 0.3 is 0 Å². The number of halogens is 2. The molecule has 3 nitrogen and oxygen atoms in total. The Morgan fingerprint density at radius 3 is 2.43 bits per heavy atom. The molecule has 0 aliphatic heterocycles. The number of nitrogens with one attached hydrogen (secondary N) is 1. The Kier molecular flexibility index (Phi) is 6.23. The summed E-state index contributed by atoms with van der Waals surface area (Å²) in [7, 11) is 0. The second kappa shape index (κ2) is 8.39. The molecular formula is C18H19F2NO2. The van der Waals surface area contributed by atoms with Crippen molar-refractivity contribution in [3.63, 3.8) is 0 Å². The van der Waals surface area contributed by atoms with Crippen molar-refractivity contribution in [1.29, 1.82) is 0 Å². The van der Waals surface area contributed by atoms with Gasteiger partial charge in [-0.15, -0.1) is 0 Å². The molecule has 23 heavy (non-hydrogen) atoms. The highest BCUT2D eigenvalue weighted by Gasteiger charge is 2.13. The second-order valence-corrected chi connectivity index (χ2v) is 5.29. The van der Waals surface area contributed by atoms with Gasteiger partial charge in [0.15, 0.2) is 11.6 Å². The zero-order chi connectivity index (χ0) is 16.7. The van der Waals surface area contributed by atoms with Gasteiger partial charge < -0.3 is 10.4 Å². The molecule has 0 aliphatic rings. The van der Waals surface area contributed by atoms with E-state index in [0.29, 0.717) is 19.4 Å². The first-order chi connectivity index (χ1) is 11.1. The summed E-state index contributed by atoms with van der Waals surface area (Å²) in [5.41, 5.74) is 1.19. The van der Waals surface area contributed by atoms with E-state index in [1.54, 1.807) is 0 Å². The molecular weight excluding hydrogens is 300 g/mol. The molecule has 0 saturated carbocycles. The SMILES string of the molecule is O=C(NCCC(CCO)c1ccccc1)c1ccc(F)c(F)c1. The van der Waals surface area contributed by atoms with Crippen molar-refractivity contribution in [2.75, 3.05) is 13.2 Å². The first-order valence-corrected chi connectivity index (χ1v) is 7.51. The summed E-state index contributed by atoms with van der Waals surface area (Å²) in [6, 6.07) is 12.8. The summed E-state index contributed by atoms with van der Waals surface area (Å²) in [4.78, 5) is 11.9. The van der Waals surface area contributed by atoms with Crippen molar-refractivity contribution in [3.05, 3.63) is 71.3 Å². The first kappa shape index (κ1) is 17.1. The molecule has 0 aromatic heterocycles. The van der Waals surface area contributed by atoms with E-state index in [1.807, 2.05) is 30.3 Å². The van der Waals surface area contributed by atoms with Gasteiger partial charge in [-0.25, -0.2) is 8.78 Å². The highest BCUT2D eigenvalue weighted by atomic mass is 19.2. The third kappa shape index (κ3) is 4.86. The van der Waals surface area contributed by atoms with E-state index in [0.717, 1.165) is 17.7 Å². The van der Waals surface area contributed by atoms with Crippen LogP contribution in [0.4, 0.5) is 8.78 Å². The number of hydrogen-bond acceptors (Lipinski definition) is 2. The van der Waals surface area contributed by atoms with E-state index in [1.165, 1.54) is 6.07 Å². The monoisotopic (exact) mass is 319 g/mol. The van der Waals surface area contributed by atoms with Crippen LogP contribution in [0.15, 0.2) is 48.5 Å². The Labute approximate surface area is 134 Å². The molecule has 1 amide bonds. The van der Waals surface area contributed by atoms with Crippen molar-refractivity contribution in [3.8, 4) is 0 Å². The lowest BCUT2D eigenvalue weighted by Crippen LogP contribution is -2.26. The molecule has 2 aromatic rings. The molecule has 5 heteroatoms. The lowest BCUT2D eigenvalue weighted by Gasteiger charge is -2.16. The van der Waals surface area contributed by atoms with Gasteiger partial charge in [0.25, 0.3) is 5.91 Å². The third-order valence-electron chi connectivity index (χ3n) is 3.71. The smallest absolute Gasteiger partial charge is 0.251 e. The third-order valence-corrected chi connectivity index (χ3v) is 3.71. The molecule has 0 heterocycles. The summed E-state index contributed by atoms with van der Waals surface area (Å²) in [5.74, 6) is -2.33. The lowest BCUT2D eigenvalue weighted by molar-refractivity contribution is 0.0951. The molecule has 2 aromatic carbocycles. The molecule has 0 aliphatic carbocycles. The number of aliphatic hydroxyl groups is 1. The van der Waals surface area contributed by atoms with Crippen LogP contribution in [0.1, 0.15) is 34.7 Å². The van der Waals surface area contributed by atoms with E-state index in [9.17, 15) is 18.7 Å². The van der Waals surface area contributed by atoms with Crippen molar-refractivity contribution in [1.82, 2.24) is 5.32 Å². The van der Waals surface area contributed by atoms with Crippen molar-refractivity contribution in [2.45, 2.75) is 18.8 Å². The molecule has 122 valence electrons. The summed E-state index contributed by atoms with van der Waals surface area (Å²) in [5, 5.41) is 11.9. The first-order valence-electron chi connectivity index (χ1n) is 7.51. The van der Waals surface area contributed by atoms with Crippen LogP contribution in [0, 0.1) is 11.6 Å². The van der Waals surface area contributed by atoms with Gasteiger partial charge in [-0.3, -0.25) is 4.79 Å². The minimum absolute atomic E-state index is 0.0662. The lowest BCUT2D eigenvalue weighted by atomic mass is 9.93. The fraction of sp³-hybridized carbons (Fsp3) is 0.278. The molecule has 0 radical (unpaired) electrons. The van der Waals surface area contributed by atoms with Crippen LogP contribution in [0.5, 0.6) is 0 Å². The minimum atomic E-state index is -1.04. The number of carbonyl (C=O) groups is 1. The normalized spacial score (nSPS) is 12.0. The molecule has 2 N–H and O–H groups in total. The number of amides is 1. The molecule has 0 fully saturated rings. The van der Waals surface area contributed by atoms with E-state index in [2.05, 4.69) is 5.32 Å². The Morgan fingerprint density at radius 1 is 1.04 bits per heavy atom. The van der Waals surface area contributed by atoms with Gasteiger partial charge in [-0.05, 0) is 42.5 Å². The van der Waals surface area contributed by atoms with Gasteiger partial charge in [0.05, 0.1) is 0 Å². The van der Waals surface area contributed by atoms with Crippen LogP contribution in [-0.4, -0.2) is 24.2 Å². The predicted octanol–water partition coefficient (Wildman–Crippen LogP) is 3.25. The van der Waals surface area contributed by atoms with Gasteiger partial charge in [0.1, 0.15) is 0 Å². The van der Waals surface area contributed by atoms with Crippen LogP contribution in [-0.2, 0) is 0 Å². The van der Waals surface area contributed by atoms with E-state index in [-0.39, 0.29) is 18.1 Å². The largest absolute Gasteiger partial charge is 0.396 e. The zero-order valence-electron chi connectivity index (χ0n) is 12.6. The second-order valence-electron chi connectivity index (χ2n) is 5.29. The molecule has 1 unspecified atom stereocenters. The number of carbonyl (C=O) groups excluding carboxylic acids is 1. The highest BCUT2D eigenvalue weighted by molar-refractivity contribution is 5.94. The Morgan fingerprint density at radius 2 is 1.78 bits per heavy atom. The Balaban J connectivity index is 1.91. The number of hydrogen-bond donors (Lipinski definition) is 2. The summed E-state index contributed by atoms with van der Waals surface area (Å²) >= 11 is 0. The van der Waals surface area contributed by atoms with E-state index < -0.39 is 17.5 Å². The quantitative estimate of drug-likeness (QED) is 0.823. The molecule has 0 spiro atoms. The summed E-state index contributed by atoms with van der Waals surface area (Å²) in [6.07, 6.45) is 1.26. The van der Waals surface area contributed by atoms with Gasteiger partial charge in [0.2, 0.25) is 0 Å². The minimum Gasteiger partial charge on any atom is -0.396 e. The van der Waals surface area contributed by atoms with Gasteiger partial charge in [-0.1, -0.05) is 30.3 Å². The number of aliphatic hydroxyl groups excluding tert-OH is 1. The fourth-order valence-corrected chi connectivity index (χ4v) is 2.46. The van der Waals surface area contributed by atoms with Crippen LogP contribution < -0.4 is 5.32 Å². The summed E-state index contributed by atoms with van der Waals surface area (Å²) in [6.45, 7) is 0.452. The predicted molar refractivity (Wildman–Crippen MR) is 84.2 cm³/mol. The van der Waals surface area contributed by atoms with Crippen LogP contribution in [0.3, 0.4) is 0 Å². The van der Waals surface area contributed by atoms with Crippen molar-refractivity contribution < 1.29 is 18.7 Å². The standard InChI is InChI=1S/C18H19F2NO2/c19-16-7-6-15(12-17(16)20)18(23)21-10-8-14(9-11-22)13-4-2-1-3-5-13/h1-7,12,14,22H,8-11H2,(H,21,23). The van der Waals surface area contributed by atoms with Crippen LogP contribution in [0.25, 0.3) is 0 Å². The summed E-state index contributed by atoms with van der Waals surface area (Å²) < 4.78 is 26.0. The highest BCUT2D eigenvalue weighted by Crippen LogP contribution is 2.22. The van der Waals surface area contributed by atoms with E-state index in [4.69, 9.17) is 0 Å².